The Morgan fingerprint density at radius 3 is 2.46 bits per heavy atom. The molecule has 1 aliphatic carbocycles. The van der Waals surface area contributed by atoms with E-state index in [1.165, 1.54) is 38.2 Å². The van der Waals surface area contributed by atoms with Crippen molar-refractivity contribution >= 4 is 28.3 Å². The predicted molar refractivity (Wildman–Crippen MR) is 101 cm³/mol. The molecule has 1 heterocycles. The molecule has 0 radical (unpaired) electrons. The summed E-state index contributed by atoms with van der Waals surface area (Å²) in [4.78, 5) is 14.5. The third-order valence-corrected chi connectivity index (χ3v) is 5.82. The van der Waals surface area contributed by atoms with Crippen molar-refractivity contribution in [3.8, 4) is 5.75 Å². The average Bonchev–Trinajstić information content (AvgIpc) is 3.43. The normalized spacial score (nSPS) is 18.3. The van der Waals surface area contributed by atoms with Crippen LogP contribution in [0.15, 0.2) is 23.1 Å². The number of primary sulfonamides is 1. The molecule has 1 saturated carbocycles. The van der Waals surface area contributed by atoms with Crippen LogP contribution in [0.25, 0.3) is 0 Å². The van der Waals surface area contributed by atoms with Gasteiger partial charge in [0, 0.05) is 19.1 Å². The first-order chi connectivity index (χ1) is 11.9. The Bertz CT molecular complexity index is 744. The van der Waals surface area contributed by atoms with Crippen molar-refractivity contribution in [2.45, 2.75) is 36.6 Å². The smallest absolute Gasteiger partial charge is 0.257 e. The number of hydrogen-bond donors (Lipinski definition) is 2. The molecule has 1 aliphatic heterocycles. The van der Waals surface area contributed by atoms with Crippen molar-refractivity contribution in [1.29, 1.82) is 0 Å². The zero-order valence-corrected chi connectivity index (χ0v) is 16.4. The van der Waals surface area contributed by atoms with Crippen LogP contribution in [-0.4, -0.2) is 52.0 Å². The zero-order valence-electron chi connectivity index (χ0n) is 14.8. The Hall–Kier alpha value is -1.35. The van der Waals surface area contributed by atoms with Gasteiger partial charge in [-0.1, -0.05) is 0 Å². The number of rotatable bonds is 6. The van der Waals surface area contributed by atoms with Gasteiger partial charge in [-0.15, -0.1) is 12.4 Å². The summed E-state index contributed by atoms with van der Waals surface area (Å²) in [6, 6.07) is 4.56. The summed E-state index contributed by atoms with van der Waals surface area (Å²) in [6.45, 7) is 2.36. The Kier molecular flexibility index (Phi) is 6.90. The molecule has 146 valence electrons. The number of carbonyl (C=O) groups excluding carboxylic acids is 1. The quantitative estimate of drug-likeness (QED) is 0.746. The standard InChI is InChI=1S/C17H25N3O4S.ClH/c1-24-16-5-4-14(25(18,22)23)10-15(16)17(21)20-8-6-13(7-9-20)19-11-12-2-3-12;/h4-5,10,12-13,19H,2-3,6-9,11H2,1H3,(H2,18,22,23);1H. The summed E-state index contributed by atoms with van der Waals surface area (Å²) in [7, 11) is -2.41. The first-order valence-corrected chi connectivity index (χ1v) is 10.2. The molecule has 2 aliphatic rings. The van der Waals surface area contributed by atoms with Gasteiger partial charge in [0.15, 0.2) is 0 Å². The van der Waals surface area contributed by atoms with Gasteiger partial charge in [-0.3, -0.25) is 4.79 Å². The number of piperidine rings is 1. The number of methoxy groups -OCH3 is 1. The molecule has 7 nitrogen and oxygen atoms in total. The van der Waals surface area contributed by atoms with E-state index in [1.807, 2.05) is 0 Å². The third kappa shape index (κ3) is 5.09. The lowest BCUT2D eigenvalue weighted by atomic mass is 10.0. The molecule has 1 amide bonds. The van der Waals surface area contributed by atoms with E-state index >= 15 is 0 Å². The highest BCUT2D eigenvalue weighted by atomic mass is 35.5. The predicted octanol–water partition coefficient (Wildman–Crippen LogP) is 1.37. The van der Waals surface area contributed by atoms with Gasteiger partial charge in [-0.2, -0.15) is 0 Å². The number of carbonyl (C=O) groups is 1. The van der Waals surface area contributed by atoms with E-state index in [0.717, 1.165) is 25.3 Å². The second-order valence-electron chi connectivity index (χ2n) is 6.83. The maximum absolute atomic E-state index is 12.8. The average molecular weight is 404 g/mol. The second kappa shape index (κ2) is 8.56. The first-order valence-electron chi connectivity index (χ1n) is 8.62. The maximum Gasteiger partial charge on any atom is 0.257 e. The van der Waals surface area contributed by atoms with Crippen LogP contribution in [0, 0.1) is 5.92 Å². The zero-order chi connectivity index (χ0) is 18.0. The maximum atomic E-state index is 12.8. The fourth-order valence-corrected chi connectivity index (χ4v) is 3.68. The van der Waals surface area contributed by atoms with Crippen molar-refractivity contribution in [2.75, 3.05) is 26.7 Å². The molecule has 0 bridgehead atoms. The van der Waals surface area contributed by atoms with E-state index in [4.69, 9.17) is 9.88 Å². The molecule has 2 fully saturated rings. The van der Waals surface area contributed by atoms with Gasteiger partial charge in [0.25, 0.3) is 5.91 Å². The number of sulfonamides is 1. The summed E-state index contributed by atoms with van der Waals surface area (Å²) in [6.07, 6.45) is 4.44. The van der Waals surface area contributed by atoms with E-state index in [2.05, 4.69) is 5.32 Å². The molecule has 1 saturated heterocycles. The lowest BCUT2D eigenvalue weighted by molar-refractivity contribution is 0.0701. The second-order valence-corrected chi connectivity index (χ2v) is 8.39. The summed E-state index contributed by atoms with van der Waals surface area (Å²) in [5.41, 5.74) is 0.235. The number of benzene rings is 1. The van der Waals surface area contributed by atoms with Crippen LogP contribution in [0.1, 0.15) is 36.0 Å². The molecule has 3 N–H and O–H groups in total. The van der Waals surface area contributed by atoms with Gasteiger partial charge < -0.3 is 15.0 Å². The summed E-state index contributed by atoms with van der Waals surface area (Å²) in [5, 5.41) is 8.75. The van der Waals surface area contributed by atoms with Crippen LogP contribution in [0.5, 0.6) is 5.75 Å². The van der Waals surface area contributed by atoms with Gasteiger partial charge in [0.1, 0.15) is 5.75 Å². The Morgan fingerprint density at radius 2 is 1.92 bits per heavy atom. The number of halogens is 1. The van der Waals surface area contributed by atoms with E-state index in [9.17, 15) is 13.2 Å². The fourth-order valence-electron chi connectivity index (χ4n) is 3.14. The van der Waals surface area contributed by atoms with Gasteiger partial charge >= 0.3 is 0 Å². The number of likely N-dealkylation sites (tertiary alicyclic amines) is 1. The number of amides is 1. The molecule has 9 heteroatoms. The minimum Gasteiger partial charge on any atom is -0.496 e. The van der Waals surface area contributed by atoms with Crippen molar-refractivity contribution < 1.29 is 17.9 Å². The molecule has 0 atom stereocenters. The van der Waals surface area contributed by atoms with Crippen molar-refractivity contribution in [3.05, 3.63) is 23.8 Å². The molecule has 1 aromatic rings. The summed E-state index contributed by atoms with van der Waals surface area (Å²) >= 11 is 0. The van der Waals surface area contributed by atoms with Crippen LogP contribution in [0.4, 0.5) is 0 Å². The number of hydrogen-bond acceptors (Lipinski definition) is 5. The Labute approximate surface area is 160 Å². The number of nitrogens with two attached hydrogens (primary N) is 1. The highest BCUT2D eigenvalue weighted by Crippen LogP contribution is 2.28. The van der Waals surface area contributed by atoms with Crippen LogP contribution >= 0.6 is 12.4 Å². The van der Waals surface area contributed by atoms with Gasteiger partial charge in [-0.25, -0.2) is 13.6 Å². The summed E-state index contributed by atoms with van der Waals surface area (Å²) < 4.78 is 28.3. The number of nitrogens with one attached hydrogen (secondary N) is 1. The van der Waals surface area contributed by atoms with Crippen molar-refractivity contribution in [1.82, 2.24) is 10.2 Å². The van der Waals surface area contributed by atoms with E-state index < -0.39 is 10.0 Å². The summed E-state index contributed by atoms with van der Waals surface area (Å²) in [5.74, 6) is 0.972. The lowest BCUT2D eigenvalue weighted by Crippen LogP contribution is -2.45. The first kappa shape index (κ1) is 21.0. The lowest BCUT2D eigenvalue weighted by Gasteiger charge is -2.33. The van der Waals surface area contributed by atoms with E-state index in [0.29, 0.717) is 24.9 Å². The molecular formula is C17H26ClN3O4S. The number of ether oxygens (including phenoxy) is 1. The molecule has 0 unspecified atom stereocenters. The van der Waals surface area contributed by atoms with Crippen molar-refractivity contribution in [2.24, 2.45) is 11.1 Å². The molecule has 3 rings (SSSR count). The minimum atomic E-state index is -3.87. The largest absolute Gasteiger partial charge is 0.496 e. The monoisotopic (exact) mass is 403 g/mol. The van der Waals surface area contributed by atoms with E-state index in [-0.39, 0.29) is 28.8 Å². The number of nitrogens with zero attached hydrogens (tertiary/aromatic N) is 1. The topological polar surface area (TPSA) is 102 Å². The molecular weight excluding hydrogens is 378 g/mol. The minimum absolute atomic E-state index is 0. The molecule has 0 aromatic heterocycles. The van der Waals surface area contributed by atoms with Gasteiger partial charge in [0.05, 0.1) is 17.6 Å². The SMILES string of the molecule is COc1ccc(S(N)(=O)=O)cc1C(=O)N1CCC(NCC2CC2)CC1.Cl. The van der Waals surface area contributed by atoms with Gasteiger partial charge in [0.2, 0.25) is 10.0 Å². The van der Waals surface area contributed by atoms with Crippen molar-refractivity contribution in [3.63, 3.8) is 0 Å². The Balaban J connectivity index is 0.00000243. The highest BCUT2D eigenvalue weighted by molar-refractivity contribution is 7.89. The van der Waals surface area contributed by atoms with Gasteiger partial charge in [-0.05, 0) is 56.3 Å². The van der Waals surface area contributed by atoms with Crippen LogP contribution in [0.2, 0.25) is 0 Å². The molecule has 0 spiro atoms. The molecule has 1 aromatic carbocycles. The van der Waals surface area contributed by atoms with Crippen LogP contribution < -0.4 is 15.2 Å². The van der Waals surface area contributed by atoms with Crippen LogP contribution in [-0.2, 0) is 10.0 Å². The molecule has 26 heavy (non-hydrogen) atoms. The van der Waals surface area contributed by atoms with Crippen LogP contribution in [0.3, 0.4) is 0 Å². The fraction of sp³-hybridized carbons (Fsp3) is 0.588. The highest BCUT2D eigenvalue weighted by Gasteiger charge is 2.28. The Morgan fingerprint density at radius 1 is 1.27 bits per heavy atom. The van der Waals surface area contributed by atoms with E-state index in [1.54, 1.807) is 4.90 Å². The third-order valence-electron chi connectivity index (χ3n) is 4.90.